The molecule has 0 heterocycles. The molecule has 2 N–H and O–H groups in total. The zero-order valence-electron chi connectivity index (χ0n) is 12.9. The summed E-state index contributed by atoms with van der Waals surface area (Å²) in [7, 11) is 0. The number of aliphatic hydroxyl groups is 1. The second-order valence-electron chi connectivity index (χ2n) is 5.89. The Labute approximate surface area is 138 Å². The van der Waals surface area contributed by atoms with Crippen LogP contribution in [-0.2, 0) is 18.5 Å². The summed E-state index contributed by atoms with van der Waals surface area (Å²) >= 11 is 0. The van der Waals surface area contributed by atoms with Gasteiger partial charge in [0.25, 0.3) is 0 Å². The minimum atomic E-state index is -3.06. The minimum Gasteiger partial charge on any atom is -0.432 e. The number of fused-ring (bicyclic) bond motifs is 1. The van der Waals surface area contributed by atoms with Gasteiger partial charge in [0.15, 0.2) is 11.6 Å². The topological polar surface area (TPSA) is 41.5 Å². The van der Waals surface area contributed by atoms with Crippen molar-refractivity contribution >= 4 is 0 Å². The number of nitrogens with one attached hydrogen (secondary N) is 1. The highest BCUT2D eigenvalue weighted by Gasteiger charge is 2.37. The molecule has 0 aliphatic heterocycles. The maximum absolute atomic E-state index is 13.8. The van der Waals surface area contributed by atoms with Gasteiger partial charge in [0.05, 0.1) is 12.1 Å². The van der Waals surface area contributed by atoms with Crippen LogP contribution in [-0.4, -0.2) is 18.3 Å². The van der Waals surface area contributed by atoms with Gasteiger partial charge in [-0.25, -0.2) is 4.39 Å². The van der Waals surface area contributed by atoms with Gasteiger partial charge in [-0.3, -0.25) is 0 Å². The third-order valence-electron chi connectivity index (χ3n) is 4.47. The van der Waals surface area contributed by atoms with Crippen LogP contribution in [0.25, 0.3) is 0 Å². The number of hydrogen-bond donors (Lipinski definition) is 2. The molecule has 0 bridgehead atoms. The lowest BCUT2D eigenvalue weighted by atomic mass is 9.92. The molecule has 6 heteroatoms. The highest BCUT2D eigenvalue weighted by atomic mass is 19.3. The van der Waals surface area contributed by atoms with E-state index in [0.29, 0.717) is 12.1 Å². The van der Waals surface area contributed by atoms with Gasteiger partial charge in [-0.15, -0.1) is 0 Å². The smallest absolute Gasteiger partial charge is 0.387 e. The van der Waals surface area contributed by atoms with Crippen molar-refractivity contribution in [2.24, 2.45) is 0 Å². The van der Waals surface area contributed by atoms with Crippen molar-refractivity contribution in [2.75, 3.05) is 6.61 Å². The largest absolute Gasteiger partial charge is 0.432 e. The van der Waals surface area contributed by atoms with Crippen molar-refractivity contribution < 1.29 is 23.0 Å². The van der Waals surface area contributed by atoms with E-state index in [2.05, 4.69) is 10.1 Å². The van der Waals surface area contributed by atoms with Gasteiger partial charge < -0.3 is 15.2 Å². The minimum absolute atomic E-state index is 0.0704. The molecule has 2 aromatic carbocycles. The third-order valence-corrected chi connectivity index (χ3v) is 4.47. The first-order chi connectivity index (χ1) is 11.5. The number of halogens is 3. The van der Waals surface area contributed by atoms with E-state index in [1.807, 2.05) is 24.3 Å². The maximum atomic E-state index is 13.8. The Morgan fingerprint density at radius 2 is 2.00 bits per heavy atom. The molecule has 0 amide bonds. The van der Waals surface area contributed by atoms with Gasteiger partial charge in [0.2, 0.25) is 0 Å². The molecular weight excluding hydrogens is 319 g/mol. The van der Waals surface area contributed by atoms with E-state index in [9.17, 15) is 18.3 Å². The van der Waals surface area contributed by atoms with Crippen LogP contribution in [0.2, 0.25) is 0 Å². The second kappa shape index (κ2) is 6.83. The van der Waals surface area contributed by atoms with Gasteiger partial charge in [0, 0.05) is 6.54 Å². The Bertz CT molecular complexity index is 723. The van der Waals surface area contributed by atoms with Crippen LogP contribution in [0, 0.1) is 5.82 Å². The summed E-state index contributed by atoms with van der Waals surface area (Å²) in [6.45, 7) is -2.82. The maximum Gasteiger partial charge on any atom is 0.387 e. The zero-order chi connectivity index (χ0) is 17.2. The van der Waals surface area contributed by atoms with Crippen LogP contribution in [0.15, 0.2) is 42.5 Å². The number of rotatable bonds is 6. The number of benzene rings is 2. The van der Waals surface area contributed by atoms with Crippen LogP contribution in [0.4, 0.5) is 13.2 Å². The number of ether oxygens (including phenoxy) is 1. The van der Waals surface area contributed by atoms with Crippen molar-refractivity contribution in [3.05, 3.63) is 65.0 Å². The van der Waals surface area contributed by atoms with Crippen LogP contribution in [0.3, 0.4) is 0 Å². The monoisotopic (exact) mass is 337 g/mol. The van der Waals surface area contributed by atoms with Crippen molar-refractivity contribution in [1.29, 1.82) is 0 Å². The van der Waals surface area contributed by atoms with Crippen molar-refractivity contribution in [3.8, 4) is 5.75 Å². The molecule has 0 saturated carbocycles. The highest BCUT2D eigenvalue weighted by Crippen LogP contribution is 2.36. The van der Waals surface area contributed by atoms with Crippen LogP contribution in [0.1, 0.15) is 23.1 Å². The van der Waals surface area contributed by atoms with Crippen molar-refractivity contribution in [2.45, 2.75) is 31.5 Å². The van der Waals surface area contributed by atoms with E-state index in [1.165, 1.54) is 17.7 Å². The molecule has 1 aliphatic rings. The van der Waals surface area contributed by atoms with Crippen LogP contribution < -0.4 is 10.1 Å². The van der Waals surface area contributed by atoms with Gasteiger partial charge in [-0.2, -0.15) is 8.78 Å². The summed E-state index contributed by atoms with van der Waals surface area (Å²) < 4.78 is 42.2. The molecule has 0 fully saturated rings. The summed E-state index contributed by atoms with van der Waals surface area (Å²) in [5.74, 6) is -1.31. The Morgan fingerprint density at radius 3 is 2.71 bits per heavy atom. The van der Waals surface area contributed by atoms with Crippen molar-refractivity contribution in [3.63, 3.8) is 0 Å². The first kappa shape index (κ1) is 16.8. The average molecular weight is 337 g/mol. The standard InChI is InChI=1S/C18H18F3NO2/c19-15-9-12(5-6-16(15)24-17(20)21)10-22-18(11-23)8-7-13-3-1-2-4-14(13)18/h1-6,9,17,22-23H,7-8,10-11H2. The number of alkyl halides is 2. The Kier molecular flexibility index (Phi) is 4.78. The van der Waals surface area contributed by atoms with E-state index in [0.717, 1.165) is 24.5 Å². The predicted molar refractivity (Wildman–Crippen MR) is 83.4 cm³/mol. The van der Waals surface area contributed by atoms with Gasteiger partial charge in [0.1, 0.15) is 0 Å². The molecule has 3 rings (SSSR count). The fourth-order valence-corrected chi connectivity index (χ4v) is 3.21. The molecule has 128 valence electrons. The lowest BCUT2D eigenvalue weighted by molar-refractivity contribution is -0.0522. The highest BCUT2D eigenvalue weighted by molar-refractivity contribution is 5.39. The summed E-state index contributed by atoms with van der Waals surface area (Å²) in [5, 5.41) is 13.2. The van der Waals surface area contributed by atoms with Crippen molar-refractivity contribution in [1.82, 2.24) is 5.32 Å². The first-order valence-electron chi connectivity index (χ1n) is 7.71. The van der Waals surface area contributed by atoms with E-state index in [4.69, 9.17) is 0 Å². The van der Waals surface area contributed by atoms with Crippen LogP contribution in [0.5, 0.6) is 5.75 Å². The summed E-state index contributed by atoms with van der Waals surface area (Å²) in [5.41, 5.74) is 2.26. The lowest BCUT2D eigenvalue weighted by Gasteiger charge is -2.30. The molecule has 0 saturated heterocycles. The Hall–Kier alpha value is -2.05. The molecule has 1 aliphatic carbocycles. The van der Waals surface area contributed by atoms with E-state index in [-0.39, 0.29) is 6.61 Å². The number of aryl methyl sites for hydroxylation is 1. The zero-order valence-corrected chi connectivity index (χ0v) is 12.9. The van der Waals surface area contributed by atoms with E-state index in [1.54, 1.807) is 0 Å². The van der Waals surface area contributed by atoms with Gasteiger partial charge >= 0.3 is 6.61 Å². The number of aliphatic hydroxyl groups excluding tert-OH is 1. The van der Waals surface area contributed by atoms with E-state index < -0.39 is 23.7 Å². The predicted octanol–water partition coefficient (Wildman–Crippen LogP) is 3.35. The Morgan fingerprint density at radius 1 is 1.21 bits per heavy atom. The molecular formula is C18H18F3NO2. The summed E-state index contributed by atoms with van der Waals surface area (Å²) in [6, 6.07) is 11.8. The SMILES string of the molecule is OCC1(NCc2ccc(OC(F)F)c(F)c2)CCc2ccccc21. The summed E-state index contributed by atoms with van der Waals surface area (Å²) in [6.07, 6.45) is 1.61. The molecule has 0 radical (unpaired) electrons. The van der Waals surface area contributed by atoms with Gasteiger partial charge in [-0.1, -0.05) is 30.3 Å². The fraction of sp³-hybridized carbons (Fsp3) is 0.333. The average Bonchev–Trinajstić information content (AvgIpc) is 2.94. The fourth-order valence-electron chi connectivity index (χ4n) is 3.21. The second-order valence-corrected chi connectivity index (χ2v) is 5.89. The van der Waals surface area contributed by atoms with Gasteiger partial charge in [-0.05, 0) is 41.7 Å². The normalized spacial score (nSPS) is 19.5. The molecule has 0 spiro atoms. The number of hydrogen-bond acceptors (Lipinski definition) is 3. The van der Waals surface area contributed by atoms with Crippen LogP contribution >= 0.6 is 0 Å². The quantitative estimate of drug-likeness (QED) is 0.849. The molecule has 0 aromatic heterocycles. The lowest BCUT2D eigenvalue weighted by Crippen LogP contribution is -2.43. The molecule has 24 heavy (non-hydrogen) atoms. The summed E-state index contributed by atoms with van der Waals surface area (Å²) in [4.78, 5) is 0. The third kappa shape index (κ3) is 3.25. The molecule has 1 unspecified atom stereocenters. The molecule has 3 nitrogen and oxygen atoms in total. The molecule has 2 aromatic rings. The molecule has 1 atom stereocenters. The van der Waals surface area contributed by atoms with E-state index >= 15 is 0 Å². The Balaban J connectivity index is 1.74. The first-order valence-corrected chi connectivity index (χ1v) is 7.71.